The normalized spacial score (nSPS) is 14.1. The molecule has 0 radical (unpaired) electrons. The monoisotopic (exact) mass is 440 g/mol. The lowest BCUT2D eigenvalue weighted by atomic mass is 10.0. The standard InChI is InChI=1S/C27H28N4S/c1-18(2)32-20(4)23-6-7-24-17-29-27(16-25(24)14-23)30-19(3)22-8-11-28-26(15-22)21-9-12-31(5)13-10-21/h6-9,11,14-17H,1,3-4,10,12-13H2,2,5H3,(H,29,30). The fourth-order valence-corrected chi connectivity index (χ4v) is 4.34. The second-order valence-electron chi connectivity index (χ2n) is 8.13. The molecule has 0 saturated carbocycles. The summed E-state index contributed by atoms with van der Waals surface area (Å²) < 4.78 is 0. The number of rotatable bonds is 7. The SMILES string of the molecule is C=C(C)SC(=C)c1ccc2cnc(NC(=C)c3ccnc(C4=CCN(C)CC4)c3)cc2c1. The van der Waals surface area contributed by atoms with Gasteiger partial charge in [-0.15, -0.1) is 0 Å². The number of thioether (sulfide) groups is 1. The molecule has 0 saturated heterocycles. The van der Waals surface area contributed by atoms with Gasteiger partial charge in [-0.1, -0.05) is 49.7 Å². The zero-order chi connectivity index (χ0) is 22.7. The van der Waals surface area contributed by atoms with Gasteiger partial charge in [0.25, 0.3) is 0 Å². The van der Waals surface area contributed by atoms with Crippen molar-refractivity contribution in [2.75, 3.05) is 25.5 Å². The number of nitrogens with one attached hydrogen (secondary N) is 1. The molecule has 0 amide bonds. The summed E-state index contributed by atoms with van der Waals surface area (Å²) in [7, 11) is 2.14. The fraction of sp³-hybridized carbons (Fsp3) is 0.185. The molecule has 2 aromatic heterocycles. The maximum Gasteiger partial charge on any atom is 0.130 e. The summed E-state index contributed by atoms with van der Waals surface area (Å²) in [5.74, 6) is 0.759. The smallest absolute Gasteiger partial charge is 0.130 e. The molecule has 0 bridgehead atoms. The summed E-state index contributed by atoms with van der Waals surface area (Å²) in [6.45, 7) is 16.4. The Morgan fingerprint density at radius 2 is 1.88 bits per heavy atom. The predicted molar refractivity (Wildman–Crippen MR) is 140 cm³/mol. The van der Waals surface area contributed by atoms with Gasteiger partial charge in [-0.05, 0) is 66.1 Å². The summed E-state index contributed by atoms with van der Waals surface area (Å²) in [4.78, 5) is 13.5. The van der Waals surface area contributed by atoms with Crippen LogP contribution < -0.4 is 5.32 Å². The van der Waals surface area contributed by atoms with Gasteiger partial charge in [0.1, 0.15) is 5.82 Å². The van der Waals surface area contributed by atoms with E-state index in [1.165, 1.54) is 5.57 Å². The molecule has 162 valence electrons. The third kappa shape index (κ3) is 5.18. The van der Waals surface area contributed by atoms with Gasteiger partial charge in [0.2, 0.25) is 0 Å². The predicted octanol–water partition coefficient (Wildman–Crippen LogP) is 6.67. The molecule has 0 atom stereocenters. The van der Waals surface area contributed by atoms with Gasteiger partial charge < -0.3 is 10.2 Å². The highest BCUT2D eigenvalue weighted by Gasteiger charge is 2.12. The van der Waals surface area contributed by atoms with Crippen molar-refractivity contribution in [2.24, 2.45) is 0 Å². The highest BCUT2D eigenvalue weighted by atomic mass is 32.2. The molecule has 4 nitrogen and oxygen atoms in total. The van der Waals surface area contributed by atoms with Crippen LogP contribution in [0.1, 0.15) is 30.2 Å². The number of fused-ring (bicyclic) bond motifs is 1. The van der Waals surface area contributed by atoms with E-state index >= 15 is 0 Å². The Hall–Kier alpha value is -3.15. The highest BCUT2D eigenvalue weighted by Crippen LogP contribution is 2.33. The molecule has 1 N–H and O–H groups in total. The number of pyridine rings is 2. The van der Waals surface area contributed by atoms with E-state index in [-0.39, 0.29) is 0 Å². The van der Waals surface area contributed by atoms with E-state index in [1.807, 2.05) is 31.5 Å². The first-order chi connectivity index (χ1) is 15.4. The van der Waals surface area contributed by atoms with Crippen LogP contribution in [0.25, 0.3) is 26.9 Å². The van der Waals surface area contributed by atoms with E-state index in [9.17, 15) is 0 Å². The van der Waals surface area contributed by atoms with Gasteiger partial charge in [-0.3, -0.25) is 4.98 Å². The molecule has 1 aromatic carbocycles. The molecular formula is C27H28N4S. The molecule has 0 unspecified atom stereocenters. The van der Waals surface area contributed by atoms with Crippen LogP contribution in [0.3, 0.4) is 0 Å². The average Bonchev–Trinajstić information content (AvgIpc) is 2.78. The third-order valence-corrected chi connectivity index (χ3v) is 6.30. The van der Waals surface area contributed by atoms with E-state index in [0.29, 0.717) is 0 Å². The molecule has 1 aliphatic heterocycles. The van der Waals surface area contributed by atoms with Gasteiger partial charge >= 0.3 is 0 Å². The fourth-order valence-electron chi connectivity index (χ4n) is 3.68. The number of hydrogen-bond acceptors (Lipinski definition) is 5. The largest absolute Gasteiger partial charge is 0.340 e. The van der Waals surface area contributed by atoms with E-state index in [0.717, 1.165) is 68.4 Å². The molecule has 1 aliphatic rings. The number of allylic oxidation sites excluding steroid dienone is 1. The number of likely N-dealkylation sites (N-methyl/N-ethyl adjacent to an activating group) is 1. The molecule has 0 aliphatic carbocycles. The summed E-state index contributed by atoms with van der Waals surface area (Å²) in [5, 5.41) is 5.55. The number of anilines is 1. The van der Waals surface area contributed by atoms with Gasteiger partial charge in [0.15, 0.2) is 0 Å². The first-order valence-electron chi connectivity index (χ1n) is 10.6. The first kappa shape index (κ1) is 22.1. The van der Waals surface area contributed by atoms with Crippen molar-refractivity contribution in [1.29, 1.82) is 0 Å². The average molecular weight is 441 g/mol. The minimum atomic E-state index is 0.759. The van der Waals surface area contributed by atoms with Gasteiger partial charge in [0, 0.05) is 47.0 Å². The highest BCUT2D eigenvalue weighted by molar-refractivity contribution is 8.11. The number of aromatic nitrogens is 2. The Kier molecular flexibility index (Phi) is 6.58. The van der Waals surface area contributed by atoms with Crippen LogP contribution in [0.4, 0.5) is 5.82 Å². The topological polar surface area (TPSA) is 41.1 Å². The molecule has 3 heterocycles. The van der Waals surface area contributed by atoms with Crippen LogP contribution in [-0.2, 0) is 0 Å². The molecule has 32 heavy (non-hydrogen) atoms. The van der Waals surface area contributed by atoms with Crippen molar-refractivity contribution < 1.29 is 0 Å². The number of hydrogen-bond donors (Lipinski definition) is 1. The second-order valence-corrected chi connectivity index (χ2v) is 9.53. The summed E-state index contributed by atoms with van der Waals surface area (Å²) in [6.07, 6.45) is 7.00. The van der Waals surface area contributed by atoms with E-state index in [2.05, 4.69) is 77.3 Å². The van der Waals surface area contributed by atoms with E-state index in [4.69, 9.17) is 0 Å². The molecule has 3 aromatic rings. The van der Waals surface area contributed by atoms with Crippen LogP contribution in [0.5, 0.6) is 0 Å². The van der Waals surface area contributed by atoms with Gasteiger partial charge in [-0.25, -0.2) is 4.98 Å². The van der Waals surface area contributed by atoms with Crippen molar-refractivity contribution in [2.45, 2.75) is 13.3 Å². The van der Waals surface area contributed by atoms with Crippen LogP contribution in [0.2, 0.25) is 0 Å². The maximum atomic E-state index is 4.58. The van der Waals surface area contributed by atoms with E-state index < -0.39 is 0 Å². The van der Waals surface area contributed by atoms with Crippen molar-refractivity contribution in [3.63, 3.8) is 0 Å². The van der Waals surface area contributed by atoms with Crippen molar-refractivity contribution in [3.05, 3.63) is 96.3 Å². The molecule has 0 spiro atoms. The van der Waals surface area contributed by atoms with Crippen LogP contribution >= 0.6 is 11.8 Å². The van der Waals surface area contributed by atoms with Crippen LogP contribution in [0, 0.1) is 0 Å². The zero-order valence-corrected chi connectivity index (χ0v) is 19.5. The summed E-state index contributed by atoms with van der Waals surface area (Å²) >= 11 is 1.59. The lowest BCUT2D eigenvalue weighted by Gasteiger charge is -2.21. The lowest BCUT2D eigenvalue weighted by Crippen LogP contribution is -2.23. The van der Waals surface area contributed by atoms with Gasteiger partial charge in [-0.2, -0.15) is 0 Å². The molecular weight excluding hydrogens is 412 g/mol. The molecule has 0 fully saturated rings. The maximum absolute atomic E-state index is 4.58. The minimum absolute atomic E-state index is 0.759. The number of nitrogens with zero attached hydrogens (tertiary/aromatic N) is 3. The molecule has 5 heteroatoms. The van der Waals surface area contributed by atoms with Crippen LogP contribution in [0.15, 0.2) is 79.5 Å². The minimum Gasteiger partial charge on any atom is -0.340 e. The first-order valence-corrected chi connectivity index (χ1v) is 11.4. The Morgan fingerprint density at radius 3 is 2.62 bits per heavy atom. The quantitative estimate of drug-likeness (QED) is 0.444. The Labute approximate surface area is 194 Å². The Morgan fingerprint density at radius 1 is 1.03 bits per heavy atom. The summed E-state index contributed by atoms with van der Waals surface area (Å²) in [6, 6.07) is 12.4. The van der Waals surface area contributed by atoms with E-state index in [1.54, 1.807) is 11.8 Å². The Balaban J connectivity index is 1.54. The van der Waals surface area contributed by atoms with Crippen LogP contribution in [-0.4, -0.2) is 35.0 Å². The van der Waals surface area contributed by atoms with Gasteiger partial charge in [0.05, 0.1) is 5.69 Å². The zero-order valence-electron chi connectivity index (χ0n) is 18.7. The van der Waals surface area contributed by atoms with Crippen molar-refractivity contribution in [1.82, 2.24) is 14.9 Å². The number of benzene rings is 1. The summed E-state index contributed by atoms with van der Waals surface area (Å²) in [5.41, 5.74) is 5.21. The second kappa shape index (κ2) is 9.55. The third-order valence-electron chi connectivity index (χ3n) is 5.47. The molecule has 4 rings (SSSR count). The lowest BCUT2D eigenvalue weighted by molar-refractivity contribution is 0.370. The Bertz CT molecular complexity index is 1240. The van der Waals surface area contributed by atoms with Crippen molar-refractivity contribution >= 4 is 44.5 Å². The van der Waals surface area contributed by atoms with Crippen molar-refractivity contribution in [3.8, 4) is 0 Å².